The summed E-state index contributed by atoms with van der Waals surface area (Å²) >= 11 is 0. The van der Waals surface area contributed by atoms with Gasteiger partial charge < -0.3 is 10.1 Å². The highest BCUT2D eigenvalue weighted by Gasteiger charge is 2.28. The topological polar surface area (TPSA) is 55.4 Å². The molecule has 0 aromatic heterocycles. The molecule has 1 rings (SSSR count). The third-order valence-electron chi connectivity index (χ3n) is 2.88. The van der Waals surface area contributed by atoms with Gasteiger partial charge in [0, 0.05) is 24.6 Å². The first kappa shape index (κ1) is 14.9. The number of ether oxygens (including phenoxy) is 1. The number of alkyl halides is 1. The minimum atomic E-state index is -2.99. The Balaban J connectivity index is 2.29. The molecule has 2 atom stereocenters. The molecule has 0 aromatic carbocycles. The Morgan fingerprint density at radius 2 is 2.24 bits per heavy atom. The van der Waals surface area contributed by atoms with Gasteiger partial charge in [-0.15, -0.1) is 0 Å². The zero-order valence-electron chi connectivity index (χ0n) is 10.5. The predicted molar refractivity (Wildman–Crippen MR) is 65.7 cm³/mol. The molecule has 1 heterocycles. The first-order valence-electron chi connectivity index (χ1n) is 5.96. The van der Waals surface area contributed by atoms with Crippen molar-refractivity contribution in [1.82, 2.24) is 5.32 Å². The maximum Gasteiger partial charge on any atom is 0.147 e. The fourth-order valence-electron chi connectivity index (χ4n) is 2.07. The first-order valence-corrected chi connectivity index (χ1v) is 8.02. The summed E-state index contributed by atoms with van der Waals surface area (Å²) in [6.07, 6.45) is 2.20. The van der Waals surface area contributed by atoms with Gasteiger partial charge in [0.2, 0.25) is 0 Å². The van der Waals surface area contributed by atoms with E-state index in [1.165, 1.54) is 13.2 Å². The van der Waals surface area contributed by atoms with Gasteiger partial charge in [-0.25, -0.2) is 12.8 Å². The second kappa shape index (κ2) is 6.11. The Morgan fingerprint density at radius 1 is 1.53 bits per heavy atom. The van der Waals surface area contributed by atoms with E-state index in [2.05, 4.69) is 5.32 Å². The van der Waals surface area contributed by atoms with Crippen LogP contribution < -0.4 is 5.32 Å². The lowest BCUT2D eigenvalue weighted by atomic mass is 9.94. The first-order chi connectivity index (χ1) is 7.79. The van der Waals surface area contributed by atoms with Gasteiger partial charge in [-0.05, 0) is 26.2 Å². The van der Waals surface area contributed by atoms with Gasteiger partial charge in [-0.3, -0.25) is 0 Å². The van der Waals surface area contributed by atoms with E-state index in [-0.39, 0.29) is 18.2 Å². The molecule has 6 heteroatoms. The van der Waals surface area contributed by atoms with Gasteiger partial charge in [0.05, 0.1) is 13.2 Å². The van der Waals surface area contributed by atoms with Gasteiger partial charge in [0.25, 0.3) is 0 Å². The molecule has 0 aromatic rings. The Morgan fingerprint density at radius 3 is 2.76 bits per heavy atom. The number of rotatable bonds is 6. The minimum Gasteiger partial charge on any atom is -0.379 e. The zero-order valence-corrected chi connectivity index (χ0v) is 11.4. The standard InChI is InChI=1S/C11H22FNO3S/c1-11(12,4-3-7-17(2,14)15)8-10-9-16-6-5-13-10/h10,13H,3-9H2,1-2H3. The highest BCUT2D eigenvalue weighted by molar-refractivity contribution is 7.90. The van der Waals surface area contributed by atoms with E-state index in [1.807, 2.05) is 0 Å². The number of sulfone groups is 1. The second-order valence-electron chi connectivity index (χ2n) is 5.08. The summed E-state index contributed by atoms with van der Waals surface area (Å²) < 4.78 is 41.3. The van der Waals surface area contributed by atoms with Crippen molar-refractivity contribution in [2.24, 2.45) is 0 Å². The summed E-state index contributed by atoms with van der Waals surface area (Å²) in [5, 5.41) is 3.20. The number of morpholine rings is 1. The van der Waals surface area contributed by atoms with E-state index in [4.69, 9.17) is 4.74 Å². The van der Waals surface area contributed by atoms with E-state index >= 15 is 0 Å². The number of nitrogens with one attached hydrogen (secondary N) is 1. The molecule has 17 heavy (non-hydrogen) atoms. The summed E-state index contributed by atoms with van der Waals surface area (Å²) in [4.78, 5) is 0. The van der Waals surface area contributed by atoms with Crippen LogP contribution in [0, 0.1) is 0 Å². The lowest BCUT2D eigenvalue weighted by Gasteiger charge is -2.29. The molecular weight excluding hydrogens is 245 g/mol. The molecule has 0 aliphatic carbocycles. The van der Waals surface area contributed by atoms with Gasteiger partial charge in [-0.2, -0.15) is 0 Å². The van der Waals surface area contributed by atoms with E-state index in [0.29, 0.717) is 26.1 Å². The third kappa shape index (κ3) is 6.95. The van der Waals surface area contributed by atoms with Gasteiger partial charge in [0.15, 0.2) is 0 Å². The van der Waals surface area contributed by atoms with Crippen molar-refractivity contribution in [3.63, 3.8) is 0 Å². The molecule has 0 saturated carbocycles. The van der Waals surface area contributed by atoms with Crippen molar-refractivity contribution in [2.75, 3.05) is 31.8 Å². The average Bonchev–Trinajstić information content (AvgIpc) is 2.15. The summed E-state index contributed by atoms with van der Waals surface area (Å²) in [5.74, 6) is 0.0567. The molecule has 1 aliphatic heterocycles. The molecule has 0 bridgehead atoms. The summed E-state index contributed by atoms with van der Waals surface area (Å²) in [6, 6.07) is 0.0389. The van der Waals surface area contributed by atoms with Crippen molar-refractivity contribution in [2.45, 2.75) is 37.9 Å². The number of hydrogen-bond donors (Lipinski definition) is 1. The Hall–Kier alpha value is -0.200. The Kier molecular flexibility index (Phi) is 5.34. The quantitative estimate of drug-likeness (QED) is 0.777. The maximum absolute atomic E-state index is 14.2. The summed E-state index contributed by atoms with van der Waals surface area (Å²) in [6.45, 7) is 3.49. The second-order valence-corrected chi connectivity index (χ2v) is 7.34. The van der Waals surface area contributed by atoms with Gasteiger partial charge in [-0.1, -0.05) is 0 Å². The molecule has 4 nitrogen and oxygen atoms in total. The largest absolute Gasteiger partial charge is 0.379 e. The van der Waals surface area contributed by atoms with Crippen LogP contribution in [0.4, 0.5) is 4.39 Å². The van der Waals surface area contributed by atoms with Crippen LogP contribution in [0.5, 0.6) is 0 Å². The third-order valence-corrected chi connectivity index (χ3v) is 3.91. The van der Waals surface area contributed by atoms with Gasteiger partial charge >= 0.3 is 0 Å². The molecular formula is C11H22FNO3S. The van der Waals surface area contributed by atoms with Crippen LogP contribution in [0.25, 0.3) is 0 Å². The molecule has 1 aliphatic rings. The van der Waals surface area contributed by atoms with E-state index in [1.54, 1.807) is 0 Å². The van der Waals surface area contributed by atoms with Crippen LogP contribution in [0.1, 0.15) is 26.2 Å². The van der Waals surface area contributed by atoms with E-state index in [9.17, 15) is 12.8 Å². The van der Waals surface area contributed by atoms with Crippen LogP contribution >= 0.6 is 0 Å². The maximum atomic E-state index is 14.2. The fourth-order valence-corrected chi connectivity index (χ4v) is 2.74. The highest BCUT2D eigenvalue weighted by atomic mass is 32.2. The monoisotopic (exact) mass is 267 g/mol. The molecule has 1 saturated heterocycles. The SMILES string of the molecule is CC(F)(CCCS(C)(=O)=O)CC1COCCN1. The van der Waals surface area contributed by atoms with E-state index in [0.717, 1.165) is 6.54 Å². The normalized spacial score (nSPS) is 25.5. The Labute approximate surface area is 103 Å². The number of hydrogen-bond acceptors (Lipinski definition) is 4. The molecule has 1 fully saturated rings. The number of halogens is 1. The molecule has 0 spiro atoms. The Bertz CT molecular complexity index is 324. The van der Waals surface area contributed by atoms with E-state index < -0.39 is 15.5 Å². The molecule has 2 unspecified atom stereocenters. The van der Waals surface area contributed by atoms with Crippen molar-refractivity contribution < 1.29 is 17.5 Å². The van der Waals surface area contributed by atoms with Crippen LogP contribution in [0.15, 0.2) is 0 Å². The van der Waals surface area contributed by atoms with Gasteiger partial charge in [0.1, 0.15) is 15.5 Å². The zero-order chi connectivity index (χ0) is 12.9. The predicted octanol–water partition coefficient (Wildman–Crippen LogP) is 0.918. The fraction of sp³-hybridized carbons (Fsp3) is 1.00. The molecule has 1 N–H and O–H groups in total. The van der Waals surface area contributed by atoms with Crippen molar-refractivity contribution in [3.05, 3.63) is 0 Å². The molecule has 0 amide bonds. The van der Waals surface area contributed by atoms with Crippen LogP contribution in [0.2, 0.25) is 0 Å². The van der Waals surface area contributed by atoms with Crippen molar-refractivity contribution >= 4 is 9.84 Å². The summed E-state index contributed by atoms with van der Waals surface area (Å²) in [5.41, 5.74) is -1.33. The lowest BCUT2D eigenvalue weighted by molar-refractivity contribution is 0.0457. The van der Waals surface area contributed by atoms with Crippen LogP contribution in [0.3, 0.4) is 0 Å². The average molecular weight is 267 g/mol. The van der Waals surface area contributed by atoms with Crippen LogP contribution in [-0.4, -0.2) is 51.9 Å². The molecule has 102 valence electrons. The smallest absolute Gasteiger partial charge is 0.147 e. The highest BCUT2D eigenvalue weighted by Crippen LogP contribution is 2.24. The van der Waals surface area contributed by atoms with Crippen LogP contribution in [-0.2, 0) is 14.6 Å². The summed E-state index contributed by atoms with van der Waals surface area (Å²) in [7, 11) is -2.99. The minimum absolute atomic E-state index is 0.0389. The lowest BCUT2D eigenvalue weighted by Crippen LogP contribution is -2.44. The molecule has 0 radical (unpaired) electrons. The van der Waals surface area contributed by atoms with Crippen molar-refractivity contribution in [3.8, 4) is 0 Å². The van der Waals surface area contributed by atoms with Crippen molar-refractivity contribution in [1.29, 1.82) is 0 Å².